The number of para-hydroxylation sites is 1. The average Bonchev–Trinajstić information content (AvgIpc) is 2.75. The predicted octanol–water partition coefficient (Wildman–Crippen LogP) is 4.63. The first-order valence-electron chi connectivity index (χ1n) is 9.36. The van der Waals surface area contributed by atoms with Crippen LogP contribution in [0.1, 0.15) is 33.2 Å². The van der Waals surface area contributed by atoms with E-state index in [0.717, 1.165) is 11.3 Å². The lowest BCUT2D eigenvalue weighted by Gasteiger charge is -2.21. The minimum atomic E-state index is -0.0784. The first-order valence-corrected chi connectivity index (χ1v) is 9.36. The SMILES string of the molecule is CCN(C(=O)c1ccc(C(=O)N(C)Cc2ccccc2)cc1)c1ccccc1. The lowest BCUT2D eigenvalue weighted by atomic mass is 10.1. The second-order valence-electron chi connectivity index (χ2n) is 6.61. The highest BCUT2D eigenvalue weighted by atomic mass is 16.2. The van der Waals surface area contributed by atoms with E-state index in [-0.39, 0.29) is 11.8 Å². The standard InChI is InChI=1S/C24H24N2O2/c1-3-26(22-12-8-5-9-13-22)24(28)21-16-14-20(15-17-21)23(27)25(2)18-19-10-6-4-7-11-19/h4-17H,3,18H2,1-2H3. The Balaban J connectivity index is 1.71. The number of carbonyl (C=O) groups is 2. The topological polar surface area (TPSA) is 40.6 Å². The molecule has 2 amide bonds. The predicted molar refractivity (Wildman–Crippen MR) is 112 cm³/mol. The summed E-state index contributed by atoms with van der Waals surface area (Å²) in [4.78, 5) is 28.9. The van der Waals surface area contributed by atoms with Crippen molar-refractivity contribution in [3.05, 3.63) is 102 Å². The van der Waals surface area contributed by atoms with Gasteiger partial charge in [-0.3, -0.25) is 9.59 Å². The first-order chi connectivity index (χ1) is 13.6. The third-order valence-electron chi connectivity index (χ3n) is 4.62. The van der Waals surface area contributed by atoms with Crippen LogP contribution in [0.5, 0.6) is 0 Å². The van der Waals surface area contributed by atoms with Gasteiger partial charge in [-0.2, -0.15) is 0 Å². The maximum absolute atomic E-state index is 12.9. The summed E-state index contributed by atoms with van der Waals surface area (Å²) in [6, 6.07) is 26.3. The summed E-state index contributed by atoms with van der Waals surface area (Å²) in [7, 11) is 1.78. The molecule has 0 atom stereocenters. The molecule has 0 unspecified atom stereocenters. The van der Waals surface area contributed by atoms with Crippen LogP contribution >= 0.6 is 0 Å². The summed E-state index contributed by atoms with van der Waals surface area (Å²) in [5.41, 5.74) is 3.06. The number of carbonyl (C=O) groups excluding carboxylic acids is 2. The van der Waals surface area contributed by atoms with E-state index in [9.17, 15) is 9.59 Å². The second kappa shape index (κ2) is 9.00. The Bertz CT molecular complexity index is 922. The number of amides is 2. The molecule has 0 aliphatic heterocycles. The molecular formula is C24H24N2O2. The van der Waals surface area contributed by atoms with Crippen LogP contribution in [0.2, 0.25) is 0 Å². The summed E-state index contributed by atoms with van der Waals surface area (Å²) in [6.07, 6.45) is 0. The fraction of sp³-hybridized carbons (Fsp3) is 0.167. The molecule has 3 aromatic rings. The van der Waals surface area contributed by atoms with Crippen LogP contribution in [0.4, 0.5) is 5.69 Å². The number of benzene rings is 3. The molecule has 28 heavy (non-hydrogen) atoms. The quantitative estimate of drug-likeness (QED) is 0.633. The molecule has 0 aliphatic rings. The molecule has 0 spiro atoms. The van der Waals surface area contributed by atoms with Gasteiger partial charge in [0.2, 0.25) is 0 Å². The zero-order valence-electron chi connectivity index (χ0n) is 16.2. The van der Waals surface area contributed by atoms with Gasteiger partial charge in [0, 0.05) is 37.0 Å². The molecule has 0 aliphatic carbocycles. The van der Waals surface area contributed by atoms with Crippen molar-refractivity contribution in [3.63, 3.8) is 0 Å². The molecule has 0 N–H and O–H groups in total. The normalized spacial score (nSPS) is 10.4. The minimum absolute atomic E-state index is 0.0711. The smallest absolute Gasteiger partial charge is 0.258 e. The minimum Gasteiger partial charge on any atom is -0.337 e. The third kappa shape index (κ3) is 4.46. The van der Waals surface area contributed by atoms with Crippen molar-refractivity contribution in [2.24, 2.45) is 0 Å². The molecule has 0 saturated carbocycles. The maximum atomic E-state index is 12.9. The molecule has 0 saturated heterocycles. The van der Waals surface area contributed by atoms with Crippen LogP contribution < -0.4 is 4.90 Å². The van der Waals surface area contributed by atoms with Gasteiger partial charge in [0.15, 0.2) is 0 Å². The van der Waals surface area contributed by atoms with Gasteiger partial charge in [0.25, 0.3) is 11.8 Å². The van der Waals surface area contributed by atoms with E-state index in [1.54, 1.807) is 41.1 Å². The molecule has 0 aromatic heterocycles. The van der Waals surface area contributed by atoms with E-state index >= 15 is 0 Å². The Morgan fingerprint density at radius 1 is 0.714 bits per heavy atom. The lowest BCUT2D eigenvalue weighted by Crippen LogP contribution is -2.30. The van der Waals surface area contributed by atoms with E-state index in [0.29, 0.717) is 24.2 Å². The van der Waals surface area contributed by atoms with Crippen molar-refractivity contribution in [2.45, 2.75) is 13.5 Å². The third-order valence-corrected chi connectivity index (χ3v) is 4.62. The molecular weight excluding hydrogens is 348 g/mol. The molecule has 3 rings (SSSR count). The van der Waals surface area contributed by atoms with E-state index < -0.39 is 0 Å². The Kier molecular flexibility index (Phi) is 6.22. The van der Waals surface area contributed by atoms with E-state index in [1.807, 2.05) is 67.6 Å². The molecule has 0 heterocycles. The highest BCUT2D eigenvalue weighted by molar-refractivity contribution is 6.06. The number of nitrogens with zero attached hydrogens (tertiary/aromatic N) is 2. The summed E-state index contributed by atoms with van der Waals surface area (Å²) in [6.45, 7) is 3.06. The molecule has 4 nitrogen and oxygen atoms in total. The molecule has 0 fully saturated rings. The molecule has 3 aromatic carbocycles. The van der Waals surface area contributed by atoms with Gasteiger partial charge >= 0.3 is 0 Å². The first kappa shape index (κ1) is 19.4. The van der Waals surface area contributed by atoms with Crippen molar-refractivity contribution in [1.82, 2.24) is 4.90 Å². The Morgan fingerprint density at radius 3 is 1.75 bits per heavy atom. The van der Waals surface area contributed by atoms with Gasteiger partial charge in [-0.05, 0) is 48.9 Å². The monoisotopic (exact) mass is 372 g/mol. The maximum Gasteiger partial charge on any atom is 0.258 e. The van der Waals surface area contributed by atoms with Crippen LogP contribution in [0.15, 0.2) is 84.9 Å². The molecule has 142 valence electrons. The van der Waals surface area contributed by atoms with E-state index in [1.165, 1.54) is 0 Å². The van der Waals surface area contributed by atoms with Gasteiger partial charge in [-0.15, -0.1) is 0 Å². The van der Waals surface area contributed by atoms with E-state index in [4.69, 9.17) is 0 Å². The van der Waals surface area contributed by atoms with Crippen LogP contribution in [0, 0.1) is 0 Å². The highest BCUT2D eigenvalue weighted by Crippen LogP contribution is 2.17. The Morgan fingerprint density at radius 2 is 1.21 bits per heavy atom. The second-order valence-corrected chi connectivity index (χ2v) is 6.61. The number of hydrogen-bond donors (Lipinski definition) is 0. The van der Waals surface area contributed by atoms with Crippen LogP contribution in [0.25, 0.3) is 0 Å². The summed E-state index contributed by atoms with van der Waals surface area (Å²) >= 11 is 0. The van der Waals surface area contributed by atoms with Crippen molar-refractivity contribution in [3.8, 4) is 0 Å². The van der Waals surface area contributed by atoms with Crippen molar-refractivity contribution < 1.29 is 9.59 Å². The largest absolute Gasteiger partial charge is 0.337 e. The summed E-state index contributed by atoms with van der Waals surface area (Å²) in [5, 5.41) is 0. The Labute approximate surface area is 166 Å². The fourth-order valence-electron chi connectivity index (χ4n) is 3.11. The molecule has 0 radical (unpaired) electrons. The summed E-state index contributed by atoms with van der Waals surface area (Å²) < 4.78 is 0. The van der Waals surface area contributed by atoms with E-state index in [2.05, 4.69) is 0 Å². The molecule has 0 bridgehead atoms. The van der Waals surface area contributed by atoms with Crippen LogP contribution in [-0.2, 0) is 6.54 Å². The number of rotatable bonds is 6. The van der Waals surface area contributed by atoms with Gasteiger partial charge < -0.3 is 9.80 Å². The van der Waals surface area contributed by atoms with Crippen LogP contribution in [0.3, 0.4) is 0 Å². The highest BCUT2D eigenvalue weighted by Gasteiger charge is 2.17. The van der Waals surface area contributed by atoms with Gasteiger partial charge in [-0.1, -0.05) is 48.5 Å². The average molecular weight is 372 g/mol. The number of hydrogen-bond acceptors (Lipinski definition) is 2. The van der Waals surface area contributed by atoms with Crippen molar-refractivity contribution in [2.75, 3.05) is 18.5 Å². The summed E-state index contributed by atoms with van der Waals surface area (Å²) in [5.74, 6) is -0.149. The zero-order chi connectivity index (χ0) is 19.9. The Hall–Kier alpha value is -3.40. The zero-order valence-corrected chi connectivity index (χ0v) is 16.2. The van der Waals surface area contributed by atoms with Crippen LogP contribution in [-0.4, -0.2) is 30.3 Å². The van der Waals surface area contributed by atoms with Crippen molar-refractivity contribution >= 4 is 17.5 Å². The lowest BCUT2D eigenvalue weighted by molar-refractivity contribution is 0.0784. The fourth-order valence-corrected chi connectivity index (χ4v) is 3.11. The van der Waals surface area contributed by atoms with Gasteiger partial charge in [-0.25, -0.2) is 0 Å². The van der Waals surface area contributed by atoms with Gasteiger partial charge in [0.1, 0.15) is 0 Å². The molecule has 4 heteroatoms. The van der Waals surface area contributed by atoms with Crippen molar-refractivity contribution in [1.29, 1.82) is 0 Å². The van der Waals surface area contributed by atoms with Gasteiger partial charge in [0.05, 0.1) is 0 Å². The number of anilines is 1.